The summed E-state index contributed by atoms with van der Waals surface area (Å²) in [5, 5.41) is 10.7. The Morgan fingerprint density at radius 2 is 2.19 bits per heavy atom. The van der Waals surface area contributed by atoms with Crippen LogP contribution in [0.1, 0.15) is 12.8 Å². The van der Waals surface area contributed by atoms with Crippen LogP contribution in [0.2, 0.25) is 0 Å². The van der Waals surface area contributed by atoms with Crippen LogP contribution in [0.15, 0.2) is 4.58 Å². The van der Waals surface area contributed by atoms with Crippen molar-refractivity contribution in [1.29, 1.82) is 0 Å². The van der Waals surface area contributed by atoms with Crippen molar-refractivity contribution in [1.82, 2.24) is 5.32 Å². The van der Waals surface area contributed by atoms with Crippen LogP contribution in [0.3, 0.4) is 0 Å². The second-order valence-electron chi connectivity index (χ2n) is 3.11. The van der Waals surface area contributed by atoms with Crippen molar-refractivity contribution in [3.05, 3.63) is 4.91 Å². The molecule has 0 aliphatic carbocycles. The molecule has 0 aromatic carbocycles. The lowest BCUT2D eigenvalue weighted by molar-refractivity contribution is -0.138. The summed E-state index contributed by atoms with van der Waals surface area (Å²) in [5.74, 6) is -1.67. The molecule has 4 N–H and O–H groups in total. The van der Waals surface area contributed by atoms with E-state index in [9.17, 15) is 14.5 Å². The minimum absolute atomic E-state index is 0.245. The third-order valence-electron chi connectivity index (χ3n) is 1.87. The maximum Gasteiger partial charge on any atom is 0.322 e. The highest BCUT2D eigenvalue weighted by molar-refractivity contribution is 7.97. The van der Waals surface area contributed by atoms with E-state index < -0.39 is 18.4 Å². The van der Waals surface area contributed by atoms with Gasteiger partial charge in [-0.15, -0.1) is 4.91 Å². The van der Waals surface area contributed by atoms with Crippen LogP contribution in [-0.4, -0.2) is 35.8 Å². The number of carbonyl (C=O) groups is 2. The highest BCUT2D eigenvalue weighted by Crippen LogP contribution is 2.14. The lowest BCUT2D eigenvalue weighted by Gasteiger charge is -2.13. The quantitative estimate of drug-likeness (QED) is 0.389. The molecule has 0 aliphatic rings. The number of nitrogens with two attached hydrogens (primary N) is 1. The van der Waals surface area contributed by atoms with Gasteiger partial charge in [-0.25, -0.2) is 0 Å². The van der Waals surface area contributed by atoms with Crippen molar-refractivity contribution in [2.75, 3.05) is 18.8 Å². The molecule has 0 saturated carbocycles. The molecule has 92 valence electrons. The van der Waals surface area contributed by atoms with E-state index in [-0.39, 0.29) is 11.7 Å². The van der Waals surface area contributed by atoms with Gasteiger partial charge in [-0.05, 0) is 19.4 Å². The van der Waals surface area contributed by atoms with E-state index in [4.69, 9.17) is 10.8 Å². The summed E-state index contributed by atoms with van der Waals surface area (Å²) >= 11 is 0.750. The third-order valence-corrected chi connectivity index (χ3v) is 2.53. The number of nitroso groups, excluding NO2 is 1. The van der Waals surface area contributed by atoms with Gasteiger partial charge in [0.1, 0.15) is 6.54 Å². The zero-order chi connectivity index (χ0) is 12.4. The van der Waals surface area contributed by atoms with Crippen LogP contribution in [0.5, 0.6) is 0 Å². The Morgan fingerprint density at radius 3 is 2.69 bits per heavy atom. The molecule has 0 bridgehead atoms. The minimum atomic E-state index is -1.10. The zero-order valence-electron chi connectivity index (χ0n) is 8.72. The Labute approximate surface area is 97.3 Å². The summed E-state index contributed by atoms with van der Waals surface area (Å²) in [4.78, 5) is 31.7. The Hall–Kier alpha value is -1.15. The van der Waals surface area contributed by atoms with Gasteiger partial charge in [-0.1, -0.05) is 0 Å². The molecule has 0 rings (SSSR count). The van der Waals surface area contributed by atoms with Crippen LogP contribution >= 0.6 is 11.9 Å². The first kappa shape index (κ1) is 14.8. The lowest BCUT2D eigenvalue weighted by atomic mass is 10.0. The molecule has 0 aromatic rings. The molecule has 0 heterocycles. The SMILES string of the molecule is NCCCC(CSN=O)C(=O)NCC(=O)O. The molecule has 1 amide bonds. The van der Waals surface area contributed by atoms with Gasteiger partial charge in [0, 0.05) is 28.2 Å². The molecule has 16 heavy (non-hydrogen) atoms. The van der Waals surface area contributed by atoms with Crippen molar-refractivity contribution < 1.29 is 14.7 Å². The highest BCUT2D eigenvalue weighted by atomic mass is 32.2. The van der Waals surface area contributed by atoms with Crippen LogP contribution in [0, 0.1) is 10.8 Å². The smallest absolute Gasteiger partial charge is 0.322 e. The third kappa shape index (κ3) is 7.18. The summed E-state index contributed by atoms with van der Waals surface area (Å²) in [5.41, 5.74) is 5.31. The summed E-state index contributed by atoms with van der Waals surface area (Å²) in [6.45, 7) is 0.0268. The fourth-order valence-electron chi connectivity index (χ4n) is 1.08. The first-order valence-electron chi connectivity index (χ1n) is 4.76. The van der Waals surface area contributed by atoms with Crippen molar-refractivity contribution in [3.63, 3.8) is 0 Å². The Balaban J connectivity index is 4.07. The first-order chi connectivity index (χ1) is 7.61. The van der Waals surface area contributed by atoms with E-state index >= 15 is 0 Å². The fraction of sp³-hybridized carbons (Fsp3) is 0.750. The maximum absolute atomic E-state index is 11.5. The fourth-order valence-corrected chi connectivity index (χ4v) is 1.64. The van der Waals surface area contributed by atoms with Gasteiger partial charge in [0.05, 0.1) is 0 Å². The lowest BCUT2D eigenvalue weighted by Crippen LogP contribution is -2.35. The van der Waals surface area contributed by atoms with E-state index in [1.807, 2.05) is 0 Å². The molecule has 0 aliphatic heterocycles. The average molecular weight is 249 g/mol. The van der Waals surface area contributed by atoms with Crippen molar-refractivity contribution >= 4 is 23.8 Å². The van der Waals surface area contributed by atoms with Gasteiger partial charge < -0.3 is 16.2 Å². The van der Waals surface area contributed by atoms with Crippen LogP contribution in [-0.2, 0) is 9.59 Å². The number of hydrogen-bond acceptors (Lipinski definition) is 6. The number of nitrogens with zero attached hydrogens (tertiary/aromatic N) is 1. The molecule has 8 heteroatoms. The molecule has 0 aromatic heterocycles. The van der Waals surface area contributed by atoms with Crippen molar-refractivity contribution in [2.24, 2.45) is 16.2 Å². The van der Waals surface area contributed by atoms with Gasteiger partial charge in [0.25, 0.3) is 0 Å². The van der Waals surface area contributed by atoms with Crippen LogP contribution < -0.4 is 11.1 Å². The largest absolute Gasteiger partial charge is 0.480 e. The van der Waals surface area contributed by atoms with Crippen molar-refractivity contribution in [2.45, 2.75) is 12.8 Å². The molecule has 0 spiro atoms. The van der Waals surface area contributed by atoms with E-state index in [1.165, 1.54) is 0 Å². The molecular formula is C8H15N3O4S. The monoisotopic (exact) mass is 249 g/mol. The van der Waals surface area contributed by atoms with E-state index in [0.29, 0.717) is 19.4 Å². The van der Waals surface area contributed by atoms with Gasteiger partial charge in [0.15, 0.2) is 0 Å². The first-order valence-corrected chi connectivity index (χ1v) is 5.70. The molecule has 7 nitrogen and oxygen atoms in total. The number of hydrogen-bond donors (Lipinski definition) is 3. The minimum Gasteiger partial charge on any atom is -0.480 e. The maximum atomic E-state index is 11.5. The van der Waals surface area contributed by atoms with Gasteiger partial charge >= 0.3 is 5.97 Å². The average Bonchev–Trinajstić information content (AvgIpc) is 2.26. The second kappa shape index (κ2) is 9.10. The summed E-state index contributed by atoms with van der Waals surface area (Å²) in [7, 11) is 0. The molecule has 0 radical (unpaired) electrons. The topological polar surface area (TPSA) is 122 Å². The standard InChI is InChI=1S/C8H15N3O4S/c9-3-1-2-6(5-16-11-15)8(14)10-4-7(12)13/h6H,1-5,9H2,(H,10,14)(H,12,13). The van der Waals surface area contributed by atoms with Crippen molar-refractivity contribution in [3.8, 4) is 0 Å². The summed E-state index contributed by atoms with van der Waals surface area (Å²) in [6, 6.07) is 0. The molecule has 1 atom stereocenters. The zero-order valence-corrected chi connectivity index (χ0v) is 9.53. The number of rotatable bonds is 9. The number of carboxylic acids is 1. The molecule has 1 unspecified atom stereocenters. The highest BCUT2D eigenvalue weighted by Gasteiger charge is 2.18. The number of carboxylic acid groups (broad SMARTS) is 1. The predicted octanol–water partition coefficient (Wildman–Crippen LogP) is -0.0431. The van der Waals surface area contributed by atoms with Gasteiger partial charge in [-0.2, -0.15) is 0 Å². The normalized spacial score (nSPS) is 11.8. The second-order valence-corrected chi connectivity index (χ2v) is 3.85. The Kier molecular flexibility index (Phi) is 8.45. The van der Waals surface area contributed by atoms with E-state index in [0.717, 1.165) is 11.9 Å². The summed E-state index contributed by atoms with van der Waals surface area (Å²) < 4.78 is 2.60. The van der Waals surface area contributed by atoms with Gasteiger partial charge in [-0.3, -0.25) is 9.59 Å². The Morgan fingerprint density at radius 1 is 1.50 bits per heavy atom. The van der Waals surface area contributed by atoms with Gasteiger partial charge in [0.2, 0.25) is 5.91 Å². The van der Waals surface area contributed by atoms with E-state index in [2.05, 4.69) is 9.90 Å². The van der Waals surface area contributed by atoms with Crippen LogP contribution in [0.25, 0.3) is 0 Å². The molecule has 0 saturated heterocycles. The number of nitrogens with one attached hydrogen (secondary N) is 1. The molecular weight excluding hydrogens is 234 g/mol. The van der Waals surface area contributed by atoms with Crippen LogP contribution in [0.4, 0.5) is 0 Å². The molecule has 0 fully saturated rings. The summed E-state index contributed by atoms with van der Waals surface area (Å²) in [6.07, 6.45) is 1.16. The van der Waals surface area contributed by atoms with E-state index in [1.54, 1.807) is 0 Å². The number of amides is 1. The Bertz CT molecular complexity index is 249. The predicted molar refractivity (Wildman–Crippen MR) is 60.7 cm³/mol. The number of aliphatic carboxylic acids is 1. The number of carbonyl (C=O) groups excluding carboxylic acids is 1.